The first-order chi connectivity index (χ1) is 11.6. The third-order valence-electron chi connectivity index (χ3n) is 5.75. The van der Waals surface area contributed by atoms with Crippen molar-refractivity contribution in [3.8, 4) is 0 Å². The number of hydrogen-bond acceptors (Lipinski definition) is 2. The molecule has 2 heterocycles. The van der Waals surface area contributed by atoms with E-state index in [0.29, 0.717) is 5.92 Å². The average Bonchev–Trinajstić information content (AvgIpc) is 3.31. The molecule has 0 N–H and O–H groups in total. The minimum absolute atomic E-state index is 0.0532. The van der Waals surface area contributed by atoms with Crippen LogP contribution in [0.5, 0.6) is 0 Å². The van der Waals surface area contributed by atoms with Crippen LogP contribution in [0.15, 0.2) is 42.7 Å². The van der Waals surface area contributed by atoms with E-state index in [9.17, 15) is 0 Å². The Hall–Kier alpha value is -1.61. The van der Waals surface area contributed by atoms with E-state index in [4.69, 9.17) is 4.74 Å². The number of nitrogens with zero attached hydrogens (tertiary/aromatic N) is 2. The number of benzene rings is 1. The van der Waals surface area contributed by atoms with Gasteiger partial charge in [0.1, 0.15) is 5.82 Å². The molecular weight excluding hydrogens is 296 g/mol. The normalized spacial score (nSPS) is 26.4. The maximum Gasteiger partial charge on any atom is 0.111 e. The van der Waals surface area contributed by atoms with Crippen molar-refractivity contribution in [2.75, 3.05) is 6.61 Å². The Morgan fingerprint density at radius 1 is 1.21 bits per heavy atom. The Bertz CT molecular complexity index is 687. The predicted octanol–water partition coefficient (Wildman–Crippen LogP) is 4.68. The molecule has 24 heavy (non-hydrogen) atoms. The molecule has 3 heteroatoms. The van der Waals surface area contributed by atoms with E-state index in [1.807, 2.05) is 6.20 Å². The number of aryl methyl sites for hydroxylation is 1. The Morgan fingerprint density at radius 2 is 2.00 bits per heavy atom. The molecule has 2 fully saturated rings. The fraction of sp³-hybridized carbons (Fsp3) is 0.571. The molecule has 0 spiro atoms. The smallest absolute Gasteiger partial charge is 0.111 e. The van der Waals surface area contributed by atoms with Crippen LogP contribution in [-0.2, 0) is 16.7 Å². The van der Waals surface area contributed by atoms with Gasteiger partial charge in [-0.3, -0.25) is 0 Å². The second-order valence-corrected chi connectivity index (χ2v) is 8.18. The van der Waals surface area contributed by atoms with E-state index in [2.05, 4.69) is 59.9 Å². The number of aromatic nitrogens is 2. The van der Waals surface area contributed by atoms with Crippen molar-refractivity contribution in [2.45, 2.75) is 69.4 Å². The summed E-state index contributed by atoms with van der Waals surface area (Å²) in [5.74, 6) is 2.00. The first-order valence-electron chi connectivity index (χ1n) is 9.29. The summed E-state index contributed by atoms with van der Waals surface area (Å²) < 4.78 is 8.43. The summed E-state index contributed by atoms with van der Waals surface area (Å²) in [6.07, 6.45) is 10.1. The van der Waals surface area contributed by atoms with Crippen molar-refractivity contribution in [3.05, 3.63) is 54.1 Å². The standard InChI is InChI=1S/C21H28N2O/c1-20(2)16-21(11-15-24-20,18-6-4-3-5-7-18)10-13-23-14-12-22-19(23)17-8-9-17/h3-7,12,14,17H,8-11,13,15-16H2,1-2H3. The van der Waals surface area contributed by atoms with Crippen LogP contribution in [0.3, 0.4) is 0 Å². The van der Waals surface area contributed by atoms with Crippen molar-refractivity contribution >= 4 is 0 Å². The summed E-state index contributed by atoms with van der Waals surface area (Å²) in [5, 5.41) is 0. The van der Waals surface area contributed by atoms with Gasteiger partial charge in [-0.2, -0.15) is 0 Å². The van der Waals surface area contributed by atoms with Crippen LogP contribution in [0.4, 0.5) is 0 Å². The van der Waals surface area contributed by atoms with Crippen molar-refractivity contribution < 1.29 is 4.74 Å². The highest BCUT2D eigenvalue weighted by molar-refractivity contribution is 5.27. The van der Waals surface area contributed by atoms with Crippen molar-refractivity contribution in [1.29, 1.82) is 0 Å². The molecule has 0 bridgehead atoms. The van der Waals surface area contributed by atoms with Crippen LogP contribution in [-0.4, -0.2) is 21.8 Å². The number of ether oxygens (including phenoxy) is 1. The summed E-state index contributed by atoms with van der Waals surface area (Å²) >= 11 is 0. The quantitative estimate of drug-likeness (QED) is 0.798. The molecule has 1 aliphatic heterocycles. The van der Waals surface area contributed by atoms with Gasteiger partial charge in [0, 0.05) is 36.9 Å². The van der Waals surface area contributed by atoms with Gasteiger partial charge in [0.2, 0.25) is 0 Å². The van der Waals surface area contributed by atoms with Crippen molar-refractivity contribution in [1.82, 2.24) is 9.55 Å². The maximum absolute atomic E-state index is 6.03. The molecule has 2 aliphatic rings. The number of hydrogen-bond donors (Lipinski definition) is 0. The Kier molecular flexibility index (Phi) is 4.00. The number of imidazole rings is 1. The summed E-state index contributed by atoms with van der Waals surface area (Å²) in [7, 11) is 0. The molecule has 128 valence electrons. The molecule has 1 aliphatic carbocycles. The van der Waals surface area contributed by atoms with Gasteiger partial charge in [0.05, 0.1) is 5.60 Å². The molecule has 0 radical (unpaired) electrons. The zero-order valence-corrected chi connectivity index (χ0v) is 14.9. The lowest BCUT2D eigenvalue weighted by Crippen LogP contribution is -2.44. The largest absolute Gasteiger partial charge is 0.376 e. The van der Waals surface area contributed by atoms with Gasteiger partial charge in [-0.05, 0) is 51.5 Å². The summed E-state index contributed by atoms with van der Waals surface area (Å²) in [5.41, 5.74) is 1.62. The van der Waals surface area contributed by atoms with E-state index in [0.717, 1.165) is 32.4 Å². The summed E-state index contributed by atoms with van der Waals surface area (Å²) in [4.78, 5) is 4.60. The zero-order chi connectivity index (χ0) is 16.6. The Labute approximate surface area is 145 Å². The van der Waals surface area contributed by atoms with Gasteiger partial charge in [0.15, 0.2) is 0 Å². The van der Waals surface area contributed by atoms with Crippen LogP contribution in [0.1, 0.15) is 63.3 Å². The highest BCUT2D eigenvalue weighted by Gasteiger charge is 2.42. The fourth-order valence-electron chi connectivity index (χ4n) is 4.42. The molecule has 4 rings (SSSR count). The second kappa shape index (κ2) is 6.03. The first-order valence-corrected chi connectivity index (χ1v) is 9.29. The molecule has 1 unspecified atom stereocenters. The van der Waals surface area contributed by atoms with E-state index in [1.54, 1.807) is 0 Å². The monoisotopic (exact) mass is 324 g/mol. The second-order valence-electron chi connectivity index (χ2n) is 8.18. The average molecular weight is 324 g/mol. The molecular formula is C21H28N2O. The predicted molar refractivity (Wildman–Crippen MR) is 96.2 cm³/mol. The third kappa shape index (κ3) is 3.14. The van der Waals surface area contributed by atoms with Crippen molar-refractivity contribution in [2.24, 2.45) is 0 Å². The molecule has 1 aromatic carbocycles. The highest BCUT2D eigenvalue weighted by atomic mass is 16.5. The van der Waals surface area contributed by atoms with Gasteiger partial charge >= 0.3 is 0 Å². The van der Waals surface area contributed by atoms with E-state index < -0.39 is 0 Å². The maximum atomic E-state index is 6.03. The molecule has 1 saturated carbocycles. The number of rotatable bonds is 5. The molecule has 2 aromatic rings. The van der Waals surface area contributed by atoms with Gasteiger partial charge in [-0.1, -0.05) is 30.3 Å². The molecule has 1 aromatic heterocycles. The highest BCUT2D eigenvalue weighted by Crippen LogP contribution is 2.45. The van der Waals surface area contributed by atoms with Crippen molar-refractivity contribution in [3.63, 3.8) is 0 Å². The fourth-order valence-corrected chi connectivity index (χ4v) is 4.42. The Morgan fingerprint density at radius 3 is 2.71 bits per heavy atom. The van der Waals surface area contributed by atoms with Crippen LogP contribution >= 0.6 is 0 Å². The van der Waals surface area contributed by atoms with Gasteiger partial charge in [-0.15, -0.1) is 0 Å². The van der Waals surface area contributed by atoms with Gasteiger partial charge < -0.3 is 9.30 Å². The minimum atomic E-state index is -0.0532. The lowest BCUT2D eigenvalue weighted by molar-refractivity contribution is -0.0848. The summed E-state index contributed by atoms with van der Waals surface area (Å²) in [6, 6.07) is 11.1. The third-order valence-corrected chi connectivity index (χ3v) is 5.75. The van der Waals surface area contributed by atoms with Gasteiger partial charge in [0.25, 0.3) is 0 Å². The van der Waals surface area contributed by atoms with Crippen LogP contribution in [0.2, 0.25) is 0 Å². The minimum Gasteiger partial charge on any atom is -0.376 e. The Balaban J connectivity index is 1.60. The molecule has 3 nitrogen and oxygen atoms in total. The summed E-state index contributed by atoms with van der Waals surface area (Å²) in [6.45, 7) is 6.37. The zero-order valence-electron chi connectivity index (χ0n) is 14.9. The SMILES string of the molecule is CC1(C)CC(CCn2ccnc2C2CC2)(c2ccccc2)CCO1. The van der Waals surface area contributed by atoms with Crippen LogP contribution < -0.4 is 0 Å². The van der Waals surface area contributed by atoms with Crippen LogP contribution in [0.25, 0.3) is 0 Å². The van der Waals surface area contributed by atoms with E-state index in [-0.39, 0.29) is 11.0 Å². The van der Waals surface area contributed by atoms with Crippen LogP contribution in [0, 0.1) is 0 Å². The molecule has 1 saturated heterocycles. The van der Waals surface area contributed by atoms with E-state index >= 15 is 0 Å². The first kappa shape index (κ1) is 15.9. The molecule has 0 amide bonds. The molecule has 1 atom stereocenters. The van der Waals surface area contributed by atoms with E-state index in [1.165, 1.54) is 24.2 Å². The lowest BCUT2D eigenvalue weighted by Gasteiger charge is -2.45. The topological polar surface area (TPSA) is 27.1 Å². The lowest BCUT2D eigenvalue weighted by atomic mass is 9.67. The van der Waals surface area contributed by atoms with Gasteiger partial charge in [-0.25, -0.2) is 4.98 Å².